The number of anilines is 4. The predicted octanol–water partition coefficient (Wildman–Crippen LogP) is 12.4. The summed E-state index contributed by atoms with van der Waals surface area (Å²) in [5.41, 5.74) is 14.3. The molecule has 10 rings (SSSR count). The fourth-order valence-corrected chi connectivity index (χ4v) is 9.29. The molecule has 0 amide bonds. The van der Waals surface area contributed by atoms with Crippen LogP contribution in [0.3, 0.4) is 0 Å². The Hall–Kier alpha value is -6.36. The van der Waals surface area contributed by atoms with Crippen LogP contribution in [0, 0.1) is 0 Å². The molecule has 0 fully saturated rings. The van der Waals surface area contributed by atoms with Crippen molar-refractivity contribution in [2.45, 2.75) is 49.3 Å². The van der Waals surface area contributed by atoms with Gasteiger partial charge in [-0.2, -0.15) is 0 Å². The van der Waals surface area contributed by atoms with Crippen molar-refractivity contribution < 1.29 is 0 Å². The summed E-state index contributed by atoms with van der Waals surface area (Å²) in [6.07, 6.45) is 28.3. The number of fused-ring (bicyclic) bond motifs is 4. The lowest BCUT2D eigenvalue weighted by molar-refractivity contribution is 0.442. The molecule has 5 unspecified atom stereocenters. The van der Waals surface area contributed by atoms with Gasteiger partial charge in [0.1, 0.15) is 6.17 Å². The summed E-state index contributed by atoms with van der Waals surface area (Å²) in [5, 5.41) is 8.01. The van der Waals surface area contributed by atoms with Crippen molar-refractivity contribution in [2.75, 3.05) is 9.80 Å². The Balaban J connectivity index is 1.17. The molecule has 0 saturated heterocycles. The van der Waals surface area contributed by atoms with Crippen LogP contribution in [0.25, 0.3) is 11.3 Å². The number of nitrogens with one attached hydrogen (secondary N) is 2. The molecule has 5 atom stereocenters. The SMILES string of the molecule is C=C1/C=C\C=C/N(c2cc(C3C=C(c4ccccc4C4C=CCCC4)NC(c4ccccc4)N3)cc(N3c4ccccc4C4C=CC=CC43)c2)c2ccccc21. The van der Waals surface area contributed by atoms with Crippen molar-refractivity contribution in [1.82, 2.24) is 10.6 Å². The topological polar surface area (TPSA) is 30.5 Å². The molecule has 0 aromatic heterocycles. The van der Waals surface area contributed by atoms with Gasteiger partial charge in [-0.1, -0.05) is 146 Å². The third-order valence-electron chi connectivity index (χ3n) is 12.0. The van der Waals surface area contributed by atoms with Gasteiger partial charge in [-0.05, 0) is 89.6 Å². The second-order valence-corrected chi connectivity index (χ2v) is 15.4. The summed E-state index contributed by atoms with van der Waals surface area (Å²) < 4.78 is 0. The lowest BCUT2D eigenvalue weighted by Crippen LogP contribution is -2.40. The van der Waals surface area contributed by atoms with E-state index in [1.807, 2.05) is 0 Å². The van der Waals surface area contributed by atoms with Crippen LogP contribution in [-0.2, 0) is 0 Å². The minimum atomic E-state index is -0.0950. The highest BCUT2D eigenvalue weighted by Gasteiger charge is 2.38. The Morgan fingerprint density at radius 2 is 1.39 bits per heavy atom. The maximum absolute atomic E-state index is 4.44. The number of allylic oxidation sites excluding steroid dienone is 8. The van der Waals surface area contributed by atoms with Crippen LogP contribution in [0.5, 0.6) is 0 Å². The molecule has 2 N–H and O–H groups in total. The molecule has 56 heavy (non-hydrogen) atoms. The quantitative estimate of drug-likeness (QED) is 0.171. The number of rotatable bonds is 6. The fraction of sp³-hybridized carbons (Fsp3) is 0.154. The Kier molecular flexibility index (Phi) is 8.97. The Bertz CT molecular complexity index is 2480. The first kappa shape index (κ1) is 34.2. The number of hydrogen-bond donors (Lipinski definition) is 2. The summed E-state index contributed by atoms with van der Waals surface area (Å²) in [6.45, 7) is 4.44. The second kappa shape index (κ2) is 14.7. The molecule has 5 aromatic rings. The highest BCUT2D eigenvalue weighted by Crippen LogP contribution is 2.49. The van der Waals surface area contributed by atoms with Gasteiger partial charge in [0, 0.05) is 51.9 Å². The van der Waals surface area contributed by atoms with E-state index in [9.17, 15) is 0 Å². The Labute approximate surface area is 330 Å². The van der Waals surface area contributed by atoms with Gasteiger partial charge in [0.25, 0.3) is 0 Å². The van der Waals surface area contributed by atoms with Crippen molar-refractivity contribution in [2.24, 2.45) is 0 Å². The van der Waals surface area contributed by atoms with Crippen molar-refractivity contribution in [3.05, 3.63) is 228 Å². The molecule has 274 valence electrons. The first-order chi connectivity index (χ1) is 27.7. The highest BCUT2D eigenvalue weighted by molar-refractivity contribution is 5.87. The maximum Gasteiger partial charge on any atom is 0.104 e. The summed E-state index contributed by atoms with van der Waals surface area (Å²) >= 11 is 0. The molecule has 3 heterocycles. The largest absolute Gasteiger partial charge is 0.366 e. The second-order valence-electron chi connectivity index (χ2n) is 15.4. The van der Waals surface area contributed by atoms with Gasteiger partial charge in [-0.15, -0.1) is 0 Å². The molecule has 4 nitrogen and oxygen atoms in total. The summed E-state index contributed by atoms with van der Waals surface area (Å²) in [6, 6.07) is 44.6. The number of hydrogen-bond acceptors (Lipinski definition) is 4. The average molecular weight is 727 g/mol. The number of benzene rings is 5. The van der Waals surface area contributed by atoms with E-state index in [1.54, 1.807) is 0 Å². The molecule has 2 aliphatic carbocycles. The maximum atomic E-state index is 4.44. The van der Waals surface area contributed by atoms with Gasteiger partial charge in [0.05, 0.1) is 17.8 Å². The smallest absolute Gasteiger partial charge is 0.104 e. The first-order valence-electron chi connectivity index (χ1n) is 20.1. The molecule has 0 spiro atoms. The van der Waals surface area contributed by atoms with Gasteiger partial charge in [-0.25, -0.2) is 0 Å². The highest BCUT2D eigenvalue weighted by atomic mass is 15.2. The minimum absolute atomic E-state index is 0.0932. The van der Waals surface area contributed by atoms with Gasteiger partial charge < -0.3 is 15.1 Å². The van der Waals surface area contributed by atoms with E-state index in [0.717, 1.165) is 34.6 Å². The Morgan fingerprint density at radius 3 is 2.25 bits per heavy atom. The molecule has 5 aromatic carbocycles. The van der Waals surface area contributed by atoms with E-state index < -0.39 is 0 Å². The lowest BCUT2D eigenvalue weighted by Gasteiger charge is -2.36. The van der Waals surface area contributed by atoms with Gasteiger partial charge in [-0.3, -0.25) is 5.32 Å². The van der Waals surface area contributed by atoms with Crippen molar-refractivity contribution in [3.63, 3.8) is 0 Å². The van der Waals surface area contributed by atoms with Crippen LogP contribution in [0.4, 0.5) is 22.7 Å². The van der Waals surface area contributed by atoms with Gasteiger partial charge in [0.2, 0.25) is 0 Å². The van der Waals surface area contributed by atoms with Crippen molar-refractivity contribution in [3.8, 4) is 0 Å². The summed E-state index contributed by atoms with van der Waals surface area (Å²) in [7, 11) is 0. The molecular weight excluding hydrogens is 681 g/mol. The third-order valence-corrected chi connectivity index (χ3v) is 12.0. The van der Waals surface area contributed by atoms with E-state index in [4.69, 9.17) is 0 Å². The third kappa shape index (κ3) is 6.26. The zero-order valence-corrected chi connectivity index (χ0v) is 31.5. The molecule has 3 aliphatic heterocycles. The Morgan fingerprint density at radius 1 is 0.643 bits per heavy atom. The summed E-state index contributed by atoms with van der Waals surface area (Å²) in [5.74, 6) is 0.694. The summed E-state index contributed by atoms with van der Waals surface area (Å²) in [4.78, 5) is 4.88. The van der Waals surface area contributed by atoms with Gasteiger partial charge >= 0.3 is 0 Å². The standard InChI is InChI=1S/C52H46N4/c1-36-18-16-17-31-55(49-28-13-10-23-42(36)49)40-32-39(33-41(34-40)56-50-29-14-11-26-45(50)46-27-12-15-30-51(46)56)47-35-48(54-52(53-47)38-21-6-3-7-22-38)44-25-9-8-24-43(44)37-19-4-2-5-20-37/h3-4,6-19,21-35,37,45,47,50,52-54H,1-2,5,20H2/b18-16-,31-17-. The minimum Gasteiger partial charge on any atom is -0.366 e. The lowest BCUT2D eigenvalue weighted by atomic mass is 9.85. The van der Waals surface area contributed by atoms with Crippen molar-refractivity contribution >= 4 is 34.0 Å². The van der Waals surface area contributed by atoms with Crippen LogP contribution < -0.4 is 20.4 Å². The van der Waals surface area contributed by atoms with Crippen LogP contribution >= 0.6 is 0 Å². The van der Waals surface area contributed by atoms with E-state index in [2.05, 4.69) is 215 Å². The molecule has 5 aliphatic rings. The van der Waals surface area contributed by atoms with Crippen molar-refractivity contribution in [1.29, 1.82) is 0 Å². The molecule has 0 radical (unpaired) electrons. The average Bonchev–Trinajstić information content (AvgIpc) is 3.60. The normalized spacial score (nSPS) is 24.6. The van der Waals surface area contributed by atoms with Crippen LogP contribution in [0.15, 0.2) is 195 Å². The molecular formula is C52H46N4. The zero-order valence-electron chi connectivity index (χ0n) is 31.5. The van der Waals surface area contributed by atoms with E-state index in [0.29, 0.717) is 5.92 Å². The van der Waals surface area contributed by atoms with Crippen LogP contribution in [-0.4, -0.2) is 6.04 Å². The van der Waals surface area contributed by atoms with Gasteiger partial charge in [0.15, 0.2) is 0 Å². The van der Waals surface area contributed by atoms with Crippen LogP contribution in [0.1, 0.15) is 76.7 Å². The molecule has 4 heteroatoms. The van der Waals surface area contributed by atoms with Crippen LogP contribution in [0.2, 0.25) is 0 Å². The fourth-order valence-electron chi connectivity index (χ4n) is 9.29. The molecule has 0 bridgehead atoms. The molecule has 0 saturated carbocycles. The number of para-hydroxylation sites is 2. The van der Waals surface area contributed by atoms with E-state index in [1.165, 1.54) is 52.0 Å². The van der Waals surface area contributed by atoms with E-state index >= 15 is 0 Å². The van der Waals surface area contributed by atoms with E-state index in [-0.39, 0.29) is 24.2 Å². The predicted molar refractivity (Wildman–Crippen MR) is 234 cm³/mol. The monoisotopic (exact) mass is 726 g/mol. The number of nitrogens with zero attached hydrogens (tertiary/aromatic N) is 2. The first-order valence-corrected chi connectivity index (χ1v) is 20.1. The zero-order chi connectivity index (χ0) is 37.4.